The molecule has 1 aliphatic heterocycles. The van der Waals surface area contributed by atoms with Gasteiger partial charge >= 0.3 is 0 Å². The third-order valence-corrected chi connectivity index (χ3v) is 2.81. The highest BCUT2D eigenvalue weighted by Crippen LogP contribution is 2.22. The molecule has 86 valence electrons. The molecule has 1 aliphatic rings. The van der Waals surface area contributed by atoms with Crippen molar-refractivity contribution in [2.75, 3.05) is 13.2 Å². The fourth-order valence-electron chi connectivity index (χ4n) is 1.80. The van der Waals surface area contributed by atoms with Gasteiger partial charge in [0.2, 0.25) is 0 Å². The minimum Gasteiger partial charge on any atom is -0.381 e. The lowest BCUT2D eigenvalue weighted by molar-refractivity contribution is 0.0895. The zero-order valence-electron chi connectivity index (χ0n) is 8.93. The average molecular weight is 226 g/mol. The lowest BCUT2D eigenvalue weighted by Crippen LogP contribution is -2.16. The van der Waals surface area contributed by atoms with Gasteiger partial charge in [-0.15, -0.1) is 0 Å². The van der Waals surface area contributed by atoms with Gasteiger partial charge in [0.15, 0.2) is 5.78 Å². The number of ether oxygens (including phenoxy) is 1. The first-order valence-electron chi connectivity index (χ1n) is 5.17. The fourth-order valence-corrected chi connectivity index (χ4v) is 1.80. The SMILES string of the molecule is Cc1cc(F)c(C(=O)C2CCOC2)cc1F. The van der Waals surface area contributed by atoms with Crippen LogP contribution in [0.15, 0.2) is 12.1 Å². The third kappa shape index (κ3) is 1.97. The van der Waals surface area contributed by atoms with E-state index in [9.17, 15) is 13.6 Å². The molecule has 0 aromatic heterocycles. The molecule has 1 heterocycles. The molecule has 2 rings (SSSR count). The second-order valence-corrected chi connectivity index (χ2v) is 4.01. The highest BCUT2D eigenvalue weighted by molar-refractivity contribution is 5.98. The zero-order chi connectivity index (χ0) is 11.7. The number of carbonyl (C=O) groups is 1. The topological polar surface area (TPSA) is 26.3 Å². The number of ketones is 1. The van der Waals surface area contributed by atoms with Gasteiger partial charge in [-0.25, -0.2) is 8.78 Å². The van der Waals surface area contributed by atoms with Crippen LogP contribution in [0.4, 0.5) is 8.78 Å². The van der Waals surface area contributed by atoms with E-state index in [1.807, 2.05) is 0 Å². The highest BCUT2D eigenvalue weighted by Gasteiger charge is 2.27. The summed E-state index contributed by atoms with van der Waals surface area (Å²) in [6.45, 7) is 2.27. The first kappa shape index (κ1) is 11.2. The maximum absolute atomic E-state index is 13.5. The van der Waals surface area contributed by atoms with E-state index < -0.39 is 11.6 Å². The van der Waals surface area contributed by atoms with Crippen LogP contribution in [0.1, 0.15) is 22.3 Å². The maximum Gasteiger partial charge on any atom is 0.171 e. The third-order valence-electron chi connectivity index (χ3n) is 2.81. The molecule has 1 saturated heterocycles. The summed E-state index contributed by atoms with van der Waals surface area (Å²) in [6, 6.07) is 2.03. The predicted molar refractivity (Wildman–Crippen MR) is 54.4 cm³/mol. The van der Waals surface area contributed by atoms with E-state index in [2.05, 4.69) is 0 Å². The normalized spacial score (nSPS) is 20.1. The Morgan fingerprint density at radius 1 is 1.38 bits per heavy atom. The summed E-state index contributed by atoms with van der Waals surface area (Å²) in [5, 5.41) is 0. The lowest BCUT2D eigenvalue weighted by atomic mass is 9.96. The van der Waals surface area contributed by atoms with Gasteiger partial charge in [0.05, 0.1) is 12.2 Å². The molecule has 0 aliphatic carbocycles. The molecule has 1 fully saturated rings. The molecule has 2 nitrogen and oxygen atoms in total. The molecule has 0 amide bonds. The van der Waals surface area contributed by atoms with Crippen LogP contribution in [-0.2, 0) is 4.74 Å². The number of Topliss-reactive ketones (excluding diaryl/α,β-unsaturated/α-hetero) is 1. The molecule has 1 atom stereocenters. The maximum atomic E-state index is 13.5. The largest absolute Gasteiger partial charge is 0.381 e. The molecule has 0 saturated carbocycles. The molecule has 0 radical (unpaired) electrons. The monoisotopic (exact) mass is 226 g/mol. The minimum atomic E-state index is -0.657. The molecular weight excluding hydrogens is 214 g/mol. The molecule has 1 unspecified atom stereocenters. The van der Waals surface area contributed by atoms with Crippen LogP contribution < -0.4 is 0 Å². The van der Waals surface area contributed by atoms with Crippen molar-refractivity contribution in [1.82, 2.24) is 0 Å². The highest BCUT2D eigenvalue weighted by atomic mass is 19.1. The molecule has 4 heteroatoms. The summed E-state index contributed by atoms with van der Waals surface area (Å²) in [5.74, 6) is -1.91. The Kier molecular flexibility index (Phi) is 3.01. The Morgan fingerprint density at radius 2 is 2.12 bits per heavy atom. The first-order chi connectivity index (χ1) is 7.59. The van der Waals surface area contributed by atoms with Gasteiger partial charge in [-0.2, -0.15) is 0 Å². The van der Waals surface area contributed by atoms with Gasteiger partial charge in [0.25, 0.3) is 0 Å². The van der Waals surface area contributed by atoms with Crippen LogP contribution in [0.5, 0.6) is 0 Å². The summed E-state index contributed by atoms with van der Waals surface area (Å²) in [7, 11) is 0. The van der Waals surface area contributed by atoms with Crippen molar-refractivity contribution in [2.24, 2.45) is 5.92 Å². The van der Waals surface area contributed by atoms with Crippen LogP contribution in [0.2, 0.25) is 0 Å². The van der Waals surface area contributed by atoms with Crippen LogP contribution in [0.25, 0.3) is 0 Å². The van der Waals surface area contributed by atoms with Crippen LogP contribution in [0, 0.1) is 24.5 Å². The Bertz CT molecular complexity index is 423. The fraction of sp³-hybridized carbons (Fsp3) is 0.417. The first-order valence-corrected chi connectivity index (χ1v) is 5.17. The van der Waals surface area contributed by atoms with E-state index in [1.165, 1.54) is 6.92 Å². The second-order valence-electron chi connectivity index (χ2n) is 4.01. The van der Waals surface area contributed by atoms with Crippen molar-refractivity contribution < 1.29 is 18.3 Å². The van der Waals surface area contributed by atoms with Crippen molar-refractivity contribution in [2.45, 2.75) is 13.3 Å². The number of halogens is 2. The van der Waals surface area contributed by atoms with E-state index in [1.54, 1.807) is 0 Å². The van der Waals surface area contributed by atoms with E-state index >= 15 is 0 Å². The van der Waals surface area contributed by atoms with Crippen molar-refractivity contribution in [1.29, 1.82) is 0 Å². The van der Waals surface area contributed by atoms with Gasteiger partial charge in [-0.1, -0.05) is 0 Å². The lowest BCUT2D eigenvalue weighted by Gasteiger charge is -2.08. The second kappa shape index (κ2) is 4.29. The van der Waals surface area contributed by atoms with Crippen molar-refractivity contribution in [3.8, 4) is 0 Å². The zero-order valence-corrected chi connectivity index (χ0v) is 8.93. The van der Waals surface area contributed by atoms with Gasteiger partial charge in [0, 0.05) is 12.5 Å². The number of rotatable bonds is 2. The van der Waals surface area contributed by atoms with E-state index in [0.29, 0.717) is 19.6 Å². The smallest absolute Gasteiger partial charge is 0.171 e. The molecule has 1 aromatic rings. The summed E-state index contributed by atoms with van der Waals surface area (Å²) in [4.78, 5) is 11.8. The van der Waals surface area contributed by atoms with Crippen LogP contribution in [-0.4, -0.2) is 19.0 Å². The summed E-state index contributed by atoms with van der Waals surface area (Å²) in [6.07, 6.45) is 0.577. The van der Waals surface area contributed by atoms with Crippen molar-refractivity contribution in [3.63, 3.8) is 0 Å². The number of carbonyl (C=O) groups excluding carboxylic acids is 1. The number of benzene rings is 1. The van der Waals surface area contributed by atoms with E-state index in [-0.39, 0.29) is 22.8 Å². The summed E-state index contributed by atoms with van der Waals surface area (Å²) >= 11 is 0. The van der Waals surface area contributed by atoms with Crippen LogP contribution >= 0.6 is 0 Å². The van der Waals surface area contributed by atoms with E-state index in [0.717, 1.165) is 12.1 Å². The van der Waals surface area contributed by atoms with E-state index in [4.69, 9.17) is 4.74 Å². The quantitative estimate of drug-likeness (QED) is 0.724. The van der Waals surface area contributed by atoms with Gasteiger partial charge in [-0.3, -0.25) is 4.79 Å². The Labute approximate surface area is 92.2 Å². The molecule has 0 bridgehead atoms. The predicted octanol–water partition coefficient (Wildman–Crippen LogP) is 2.49. The Balaban J connectivity index is 2.32. The Morgan fingerprint density at radius 3 is 2.75 bits per heavy atom. The standard InChI is InChI=1S/C12H12F2O2/c1-7-4-11(14)9(5-10(7)13)12(15)8-2-3-16-6-8/h4-5,8H,2-3,6H2,1H3. The van der Waals surface area contributed by atoms with Gasteiger partial charge < -0.3 is 4.74 Å². The van der Waals surface area contributed by atoms with Gasteiger partial charge in [0.1, 0.15) is 11.6 Å². The molecule has 0 N–H and O–H groups in total. The Hall–Kier alpha value is -1.29. The number of aryl methyl sites for hydroxylation is 1. The average Bonchev–Trinajstić information content (AvgIpc) is 2.75. The number of hydrogen-bond donors (Lipinski definition) is 0. The summed E-state index contributed by atoms with van der Waals surface area (Å²) < 4.78 is 31.8. The van der Waals surface area contributed by atoms with Crippen molar-refractivity contribution in [3.05, 3.63) is 34.9 Å². The molecule has 0 spiro atoms. The van der Waals surface area contributed by atoms with Crippen LogP contribution in [0.3, 0.4) is 0 Å². The molecular formula is C12H12F2O2. The molecule has 1 aromatic carbocycles. The molecule has 16 heavy (non-hydrogen) atoms. The minimum absolute atomic E-state index is 0.168. The number of hydrogen-bond acceptors (Lipinski definition) is 2. The van der Waals surface area contributed by atoms with Gasteiger partial charge in [-0.05, 0) is 31.0 Å². The summed E-state index contributed by atoms with van der Waals surface area (Å²) in [5.41, 5.74) is 0.0373. The van der Waals surface area contributed by atoms with Crippen molar-refractivity contribution >= 4 is 5.78 Å².